The van der Waals surface area contributed by atoms with Crippen molar-refractivity contribution in [2.75, 3.05) is 6.54 Å². The molecule has 1 aliphatic carbocycles. The second-order valence-corrected chi connectivity index (χ2v) is 10.4. The Bertz CT molecular complexity index is 1520. The molecule has 0 atom stereocenters. The van der Waals surface area contributed by atoms with Gasteiger partial charge in [-0.3, -0.25) is 4.79 Å². The molecule has 1 saturated carbocycles. The largest absolute Gasteiger partial charge is 0.477 e. The molecule has 2 aromatic heterocycles. The van der Waals surface area contributed by atoms with Crippen molar-refractivity contribution in [1.82, 2.24) is 14.3 Å². The standard InChI is InChI=1S/C22H18ClF4N3O5S/c23-18-17(11-2-5-16(28-9-11)36(34,35)29-7-1-6-22(25,26)27)15(24)8-13-19(18)30(12-3-4-12)10-14(20(13)31)21(32)33/h2,5,8-10,12,29H,1,3-4,6-7H2,(H,32,33). The molecule has 3 aromatic rings. The summed E-state index contributed by atoms with van der Waals surface area (Å²) in [5.74, 6) is -2.40. The number of sulfonamides is 1. The molecule has 192 valence electrons. The topological polar surface area (TPSA) is 118 Å². The molecule has 2 N–H and O–H groups in total. The van der Waals surface area contributed by atoms with Crippen LogP contribution < -0.4 is 10.2 Å². The molecule has 0 amide bonds. The van der Waals surface area contributed by atoms with Crippen LogP contribution in [0.3, 0.4) is 0 Å². The van der Waals surface area contributed by atoms with Gasteiger partial charge in [0.15, 0.2) is 5.03 Å². The Hall–Kier alpha value is -3.03. The van der Waals surface area contributed by atoms with Crippen LogP contribution in [0, 0.1) is 5.82 Å². The number of halogens is 5. The van der Waals surface area contributed by atoms with Crippen molar-refractivity contribution in [2.24, 2.45) is 0 Å². The van der Waals surface area contributed by atoms with Gasteiger partial charge in [-0.05, 0) is 37.5 Å². The number of aromatic carboxylic acids is 1. The van der Waals surface area contributed by atoms with E-state index in [1.165, 1.54) is 16.8 Å². The number of rotatable bonds is 8. The van der Waals surface area contributed by atoms with E-state index < -0.39 is 63.4 Å². The van der Waals surface area contributed by atoms with Gasteiger partial charge in [-0.15, -0.1) is 0 Å². The maximum Gasteiger partial charge on any atom is 0.389 e. The smallest absolute Gasteiger partial charge is 0.389 e. The first-order chi connectivity index (χ1) is 16.8. The maximum absolute atomic E-state index is 15.1. The lowest BCUT2D eigenvalue weighted by atomic mass is 10.0. The van der Waals surface area contributed by atoms with Crippen molar-refractivity contribution < 1.29 is 35.9 Å². The lowest BCUT2D eigenvalue weighted by molar-refractivity contribution is -0.135. The molecule has 1 aromatic carbocycles. The summed E-state index contributed by atoms with van der Waals surface area (Å²) in [6.07, 6.45) is -2.38. The van der Waals surface area contributed by atoms with Gasteiger partial charge in [0.05, 0.1) is 15.9 Å². The van der Waals surface area contributed by atoms with E-state index in [-0.39, 0.29) is 33.1 Å². The summed E-state index contributed by atoms with van der Waals surface area (Å²) in [7, 11) is -4.22. The van der Waals surface area contributed by atoms with Crippen molar-refractivity contribution in [3.63, 3.8) is 0 Å². The molecule has 0 spiro atoms. The molecule has 1 aliphatic rings. The van der Waals surface area contributed by atoms with Crippen LogP contribution in [0.1, 0.15) is 42.1 Å². The normalized spacial score (nSPS) is 14.4. The van der Waals surface area contributed by atoms with Gasteiger partial charge in [0.25, 0.3) is 10.0 Å². The Morgan fingerprint density at radius 3 is 2.53 bits per heavy atom. The molecule has 36 heavy (non-hydrogen) atoms. The Morgan fingerprint density at radius 2 is 1.97 bits per heavy atom. The van der Waals surface area contributed by atoms with Crippen molar-refractivity contribution in [3.05, 3.63) is 57.2 Å². The van der Waals surface area contributed by atoms with Crippen LogP contribution in [-0.4, -0.2) is 41.8 Å². The van der Waals surface area contributed by atoms with Crippen LogP contribution >= 0.6 is 11.6 Å². The van der Waals surface area contributed by atoms with Gasteiger partial charge in [-0.2, -0.15) is 13.2 Å². The number of hydrogen-bond acceptors (Lipinski definition) is 5. The average molecular weight is 548 g/mol. The number of carboxylic acids is 1. The van der Waals surface area contributed by atoms with Gasteiger partial charge in [0.2, 0.25) is 5.43 Å². The number of alkyl halides is 3. The Labute approximate surface area is 206 Å². The quantitative estimate of drug-likeness (QED) is 0.316. The summed E-state index contributed by atoms with van der Waals surface area (Å²) in [5.41, 5.74) is -1.36. The first-order valence-electron chi connectivity index (χ1n) is 10.6. The number of fused-ring (bicyclic) bond motifs is 1. The number of benzene rings is 1. The monoisotopic (exact) mass is 547 g/mol. The summed E-state index contributed by atoms with van der Waals surface area (Å²) < 4.78 is 80.1. The SMILES string of the molecule is O=C(O)c1cn(C2CC2)c2c(Cl)c(-c3ccc(S(=O)(=O)NCCCC(F)(F)F)nc3)c(F)cc2c1=O. The third-order valence-corrected chi connectivity index (χ3v) is 7.35. The number of carbonyl (C=O) groups is 1. The van der Waals surface area contributed by atoms with Crippen molar-refractivity contribution in [2.45, 2.75) is 42.9 Å². The molecule has 8 nitrogen and oxygen atoms in total. The predicted octanol–water partition coefficient (Wildman–Crippen LogP) is 4.51. The first-order valence-corrected chi connectivity index (χ1v) is 12.5. The average Bonchev–Trinajstić information content (AvgIpc) is 3.62. The molecule has 14 heteroatoms. The minimum atomic E-state index is -4.41. The third kappa shape index (κ3) is 5.22. The van der Waals surface area contributed by atoms with Crippen molar-refractivity contribution in [3.8, 4) is 11.1 Å². The van der Waals surface area contributed by atoms with Crippen LogP contribution in [-0.2, 0) is 10.0 Å². The first kappa shape index (κ1) is 26.0. The summed E-state index contributed by atoms with van der Waals surface area (Å²) >= 11 is 6.52. The van der Waals surface area contributed by atoms with Crippen LogP contribution in [0.25, 0.3) is 22.0 Å². The summed E-state index contributed by atoms with van der Waals surface area (Å²) in [6.45, 7) is -0.451. The van der Waals surface area contributed by atoms with Crippen LogP contribution in [0.2, 0.25) is 5.02 Å². The Balaban J connectivity index is 1.71. The summed E-state index contributed by atoms with van der Waals surface area (Å²) in [6, 6.07) is 3.04. The summed E-state index contributed by atoms with van der Waals surface area (Å²) in [5, 5.41) is 8.50. The number of nitrogens with zero attached hydrogens (tertiary/aromatic N) is 2. The zero-order chi connectivity index (χ0) is 26.4. The minimum absolute atomic E-state index is 0.0764. The van der Waals surface area contributed by atoms with Gasteiger partial charge >= 0.3 is 12.1 Å². The fraction of sp³-hybridized carbons (Fsp3) is 0.318. The molecule has 2 heterocycles. The molecule has 0 unspecified atom stereocenters. The number of hydrogen-bond donors (Lipinski definition) is 2. The van der Waals surface area contributed by atoms with E-state index in [1.54, 1.807) is 0 Å². The van der Waals surface area contributed by atoms with E-state index >= 15 is 4.39 Å². The molecule has 0 radical (unpaired) electrons. The van der Waals surface area contributed by atoms with Gasteiger partial charge in [-0.25, -0.2) is 27.3 Å². The lowest BCUT2D eigenvalue weighted by Crippen LogP contribution is -2.26. The second kappa shape index (κ2) is 9.45. The molecular weight excluding hydrogens is 530 g/mol. The molecule has 4 rings (SSSR count). The predicted molar refractivity (Wildman–Crippen MR) is 122 cm³/mol. The highest BCUT2D eigenvalue weighted by molar-refractivity contribution is 7.89. The number of aromatic nitrogens is 2. The van der Waals surface area contributed by atoms with E-state index in [9.17, 15) is 36.3 Å². The van der Waals surface area contributed by atoms with Gasteiger partial charge in [-0.1, -0.05) is 11.6 Å². The number of carboxylic acid groups (broad SMARTS) is 1. The molecular formula is C22H18ClF4N3O5S. The minimum Gasteiger partial charge on any atom is -0.477 e. The third-order valence-electron chi connectivity index (χ3n) is 5.61. The molecule has 1 fully saturated rings. The van der Waals surface area contributed by atoms with E-state index in [2.05, 4.69) is 4.98 Å². The van der Waals surface area contributed by atoms with Crippen LogP contribution in [0.5, 0.6) is 0 Å². The molecule has 0 aliphatic heterocycles. The van der Waals surface area contributed by atoms with Gasteiger partial charge < -0.3 is 9.67 Å². The maximum atomic E-state index is 15.1. The zero-order valence-electron chi connectivity index (χ0n) is 18.3. The lowest BCUT2D eigenvalue weighted by Gasteiger charge is -2.16. The highest BCUT2D eigenvalue weighted by atomic mass is 35.5. The van der Waals surface area contributed by atoms with Gasteiger partial charge in [0.1, 0.15) is 11.4 Å². The highest BCUT2D eigenvalue weighted by Crippen LogP contribution is 2.42. The fourth-order valence-electron chi connectivity index (χ4n) is 3.76. The molecule has 0 bridgehead atoms. The summed E-state index contributed by atoms with van der Waals surface area (Å²) in [4.78, 5) is 28.0. The van der Waals surface area contributed by atoms with Crippen LogP contribution in [0.15, 0.2) is 40.4 Å². The zero-order valence-corrected chi connectivity index (χ0v) is 19.8. The number of pyridine rings is 2. The van der Waals surface area contributed by atoms with E-state index in [0.717, 1.165) is 18.3 Å². The van der Waals surface area contributed by atoms with Crippen molar-refractivity contribution >= 4 is 38.5 Å². The van der Waals surface area contributed by atoms with E-state index in [4.69, 9.17) is 11.6 Å². The van der Waals surface area contributed by atoms with Crippen LogP contribution in [0.4, 0.5) is 17.6 Å². The Morgan fingerprint density at radius 1 is 1.28 bits per heavy atom. The Kier molecular flexibility index (Phi) is 6.84. The van der Waals surface area contributed by atoms with E-state index in [0.29, 0.717) is 12.8 Å². The highest BCUT2D eigenvalue weighted by Gasteiger charge is 2.30. The second-order valence-electron chi connectivity index (χ2n) is 8.26. The van der Waals surface area contributed by atoms with Gasteiger partial charge in [0, 0.05) is 42.5 Å². The number of nitrogens with one attached hydrogen (secondary N) is 1. The molecule has 0 saturated heterocycles. The van der Waals surface area contributed by atoms with E-state index in [1.807, 2.05) is 4.72 Å². The van der Waals surface area contributed by atoms with Crippen molar-refractivity contribution in [1.29, 1.82) is 0 Å². The fourth-order valence-corrected chi connectivity index (χ4v) is 5.15.